The first-order chi connectivity index (χ1) is 15.2. The molecule has 32 heavy (non-hydrogen) atoms. The van der Waals surface area contributed by atoms with Crippen LogP contribution in [-0.2, 0) is 17.9 Å². The van der Waals surface area contributed by atoms with E-state index in [2.05, 4.69) is 58.5 Å². The van der Waals surface area contributed by atoms with Crippen LogP contribution < -0.4 is 10.6 Å². The summed E-state index contributed by atoms with van der Waals surface area (Å²) in [5, 5.41) is 6.79. The zero-order valence-electron chi connectivity index (χ0n) is 19.9. The normalized spacial score (nSPS) is 18.4. The van der Waals surface area contributed by atoms with E-state index in [0.717, 1.165) is 51.4 Å². The fourth-order valence-electron chi connectivity index (χ4n) is 4.63. The van der Waals surface area contributed by atoms with Crippen molar-refractivity contribution in [2.75, 3.05) is 32.7 Å². The van der Waals surface area contributed by atoms with Crippen molar-refractivity contribution in [3.05, 3.63) is 35.4 Å². The Morgan fingerprint density at radius 3 is 2.34 bits per heavy atom. The number of nitrogens with zero attached hydrogens (tertiary/aromatic N) is 3. The predicted octanol–water partition coefficient (Wildman–Crippen LogP) is 4.14. The van der Waals surface area contributed by atoms with Crippen LogP contribution in [0, 0.1) is 0 Å². The predicted molar refractivity (Wildman–Crippen MR) is 143 cm³/mol. The lowest BCUT2D eigenvalue weighted by Gasteiger charge is -2.27. The molecule has 0 saturated carbocycles. The highest BCUT2D eigenvalue weighted by Gasteiger charge is 2.26. The van der Waals surface area contributed by atoms with Crippen LogP contribution in [0.4, 0.5) is 0 Å². The second-order valence-electron chi connectivity index (χ2n) is 8.82. The zero-order chi connectivity index (χ0) is 21.9. The molecule has 2 heterocycles. The molecule has 2 saturated heterocycles. The molecule has 2 fully saturated rings. The van der Waals surface area contributed by atoms with Crippen molar-refractivity contribution in [2.24, 2.45) is 4.99 Å². The molecule has 180 valence electrons. The van der Waals surface area contributed by atoms with Crippen molar-refractivity contribution >= 4 is 35.8 Å². The van der Waals surface area contributed by atoms with Crippen molar-refractivity contribution in [3.8, 4) is 0 Å². The van der Waals surface area contributed by atoms with E-state index in [-0.39, 0.29) is 24.0 Å². The Kier molecular flexibility index (Phi) is 12.4. The Morgan fingerprint density at radius 1 is 1.00 bits per heavy atom. The number of carbonyl (C=O) groups is 1. The third-order valence-electron chi connectivity index (χ3n) is 6.43. The van der Waals surface area contributed by atoms with Crippen LogP contribution in [0.5, 0.6) is 0 Å². The molecule has 0 radical (unpaired) electrons. The lowest BCUT2D eigenvalue weighted by molar-refractivity contribution is -0.129. The maximum absolute atomic E-state index is 12.0. The van der Waals surface area contributed by atoms with Crippen LogP contribution in [0.25, 0.3) is 0 Å². The van der Waals surface area contributed by atoms with Gasteiger partial charge in [0.15, 0.2) is 5.96 Å². The number of benzene rings is 1. The third-order valence-corrected chi connectivity index (χ3v) is 6.43. The number of amides is 1. The molecule has 1 atom stereocenters. The van der Waals surface area contributed by atoms with Crippen LogP contribution in [0.15, 0.2) is 29.3 Å². The smallest absolute Gasteiger partial charge is 0.222 e. The van der Waals surface area contributed by atoms with Gasteiger partial charge in [0.2, 0.25) is 5.91 Å². The van der Waals surface area contributed by atoms with Crippen molar-refractivity contribution in [3.63, 3.8) is 0 Å². The summed E-state index contributed by atoms with van der Waals surface area (Å²) in [5.74, 6) is 1.17. The first-order valence-corrected chi connectivity index (χ1v) is 12.3. The van der Waals surface area contributed by atoms with Crippen molar-refractivity contribution in [2.45, 2.75) is 77.9 Å². The minimum atomic E-state index is 0. The van der Waals surface area contributed by atoms with Gasteiger partial charge in [0, 0.05) is 38.6 Å². The molecule has 2 aliphatic rings. The molecule has 1 aromatic carbocycles. The second kappa shape index (κ2) is 14.7. The average Bonchev–Trinajstić information content (AvgIpc) is 3.22. The lowest BCUT2D eigenvalue weighted by Crippen LogP contribution is -2.42. The van der Waals surface area contributed by atoms with E-state index in [1.165, 1.54) is 43.5 Å². The molecular weight excluding hydrogens is 513 g/mol. The van der Waals surface area contributed by atoms with Crippen LogP contribution in [0.3, 0.4) is 0 Å². The molecule has 0 spiro atoms. The Hall–Kier alpha value is -1.35. The van der Waals surface area contributed by atoms with Crippen molar-refractivity contribution in [1.82, 2.24) is 20.4 Å². The number of rotatable bonds is 10. The van der Waals surface area contributed by atoms with Gasteiger partial charge in [-0.15, -0.1) is 24.0 Å². The standard InChI is InChI=1S/C25H41N5O.HI/c1-3-23(30-18-8-9-24(30)31)14-15-27-25(26-4-2)28-19-21-10-12-22(13-11-21)20-29-16-6-5-7-17-29;/h10-13,23H,3-9,14-20H2,1-2H3,(H2,26,27,28);1H. The molecule has 7 heteroatoms. The minimum absolute atomic E-state index is 0. The average molecular weight is 556 g/mol. The number of aliphatic imine (C=N–C) groups is 1. The summed E-state index contributed by atoms with van der Waals surface area (Å²) in [4.78, 5) is 21.4. The van der Waals surface area contributed by atoms with Crippen LogP contribution in [0.2, 0.25) is 0 Å². The Balaban J connectivity index is 0.00000363. The van der Waals surface area contributed by atoms with Gasteiger partial charge in [-0.05, 0) is 63.2 Å². The molecule has 1 aromatic rings. The van der Waals surface area contributed by atoms with E-state index in [9.17, 15) is 4.79 Å². The lowest BCUT2D eigenvalue weighted by atomic mass is 10.1. The maximum atomic E-state index is 12.0. The zero-order valence-corrected chi connectivity index (χ0v) is 22.3. The fourth-order valence-corrected chi connectivity index (χ4v) is 4.63. The largest absolute Gasteiger partial charge is 0.357 e. The second-order valence-corrected chi connectivity index (χ2v) is 8.82. The van der Waals surface area contributed by atoms with Gasteiger partial charge in [-0.2, -0.15) is 0 Å². The highest BCUT2D eigenvalue weighted by atomic mass is 127. The highest BCUT2D eigenvalue weighted by molar-refractivity contribution is 14.0. The summed E-state index contributed by atoms with van der Waals surface area (Å²) in [6.45, 7) is 11.0. The topological polar surface area (TPSA) is 60.0 Å². The fraction of sp³-hybridized carbons (Fsp3) is 0.680. The van der Waals surface area contributed by atoms with Gasteiger partial charge in [0.1, 0.15) is 0 Å². The van der Waals surface area contributed by atoms with E-state index in [0.29, 0.717) is 24.9 Å². The number of hydrogen-bond donors (Lipinski definition) is 2. The molecule has 3 rings (SSSR count). The van der Waals surface area contributed by atoms with E-state index in [4.69, 9.17) is 4.99 Å². The van der Waals surface area contributed by atoms with E-state index in [1.54, 1.807) is 0 Å². The Bertz CT molecular complexity index is 703. The number of hydrogen-bond acceptors (Lipinski definition) is 3. The third kappa shape index (κ3) is 8.54. The monoisotopic (exact) mass is 555 g/mol. The first kappa shape index (κ1) is 26.9. The summed E-state index contributed by atoms with van der Waals surface area (Å²) in [6, 6.07) is 9.24. The summed E-state index contributed by atoms with van der Waals surface area (Å²) in [5.41, 5.74) is 2.62. The summed E-state index contributed by atoms with van der Waals surface area (Å²) < 4.78 is 0. The highest BCUT2D eigenvalue weighted by Crippen LogP contribution is 2.18. The molecular formula is C25H42IN5O. The van der Waals surface area contributed by atoms with Crippen LogP contribution in [-0.4, -0.2) is 60.4 Å². The Morgan fingerprint density at radius 2 is 1.72 bits per heavy atom. The SMILES string of the molecule is CCNC(=NCc1ccc(CN2CCCCC2)cc1)NCCC(CC)N1CCCC1=O.I. The number of likely N-dealkylation sites (tertiary alicyclic amines) is 2. The number of carbonyl (C=O) groups excluding carboxylic acids is 1. The molecule has 0 aromatic heterocycles. The Labute approximate surface area is 211 Å². The molecule has 0 bridgehead atoms. The number of guanidine groups is 1. The quantitative estimate of drug-likeness (QED) is 0.259. The molecule has 1 amide bonds. The maximum Gasteiger partial charge on any atom is 0.222 e. The van der Waals surface area contributed by atoms with Gasteiger partial charge in [-0.1, -0.05) is 37.6 Å². The van der Waals surface area contributed by atoms with Crippen molar-refractivity contribution in [1.29, 1.82) is 0 Å². The summed E-state index contributed by atoms with van der Waals surface area (Å²) >= 11 is 0. The van der Waals surface area contributed by atoms with Gasteiger partial charge >= 0.3 is 0 Å². The summed E-state index contributed by atoms with van der Waals surface area (Å²) in [6.07, 6.45) is 7.73. The molecule has 1 unspecified atom stereocenters. The number of halogens is 1. The van der Waals surface area contributed by atoms with Crippen molar-refractivity contribution < 1.29 is 4.79 Å². The van der Waals surface area contributed by atoms with Crippen LogP contribution in [0.1, 0.15) is 69.9 Å². The van der Waals surface area contributed by atoms with E-state index >= 15 is 0 Å². The van der Waals surface area contributed by atoms with Crippen LogP contribution >= 0.6 is 24.0 Å². The van der Waals surface area contributed by atoms with E-state index < -0.39 is 0 Å². The van der Waals surface area contributed by atoms with Gasteiger partial charge in [0.25, 0.3) is 0 Å². The molecule has 2 aliphatic heterocycles. The van der Waals surface area contributed by atoms with Gasteiger partial charge in [0.05, 0.1) is 6.54 Å². The summed E-state index contributed by atoms with van der Waals surface area (Å²) in [7, 11) is 0. The minimum Gasteiger partial charge on any atom is -0.357 e. The van der Waals surface area contributed by atoms with Gasteiger partial charge in [-0.25, -0.2) is 4.99 Å². The van der Waals surface area contributed by atoms with E-state index in [1.807, 2.05) is 0 Å². The molecule has 2 N–H and O–H groups in total. The number of nitrogens with one attached hydrogen (secondary N) is 2. The first-order valence-electron chi connectivity index (χ1n) is 12.3. The molecule has 6 nitrogen and oxygen atoms in total. The number of piperidine rings is 1. The van der Waals surface area contributed by atoms with Gasteiger partial charge < -0.3 is 15.5 Å². The molecule has 0 aliphatic carbocycles. The van der Waals surface area contributed by atoms with Gasteiger partial charge in [-0.3, -0.25) is 9.69 Å².